The van der Waals surface area contributed by atoms with Crippen molar-refractivity contribution < 1.29 is 13.9 Å². The maximum atomic E-state index is 13.9. The van der Waals surface area contributed by atoms with Gasteiger partial charge in [-0.15, -0.1) is 0 Å². The van der Waals surface area contributed by atoms with Gasteiger partial charge in [0.1, 0.15) is 12.4 Å². The molecule has 30 heavy (non-hydrogen) atoms. The molecule has 0 unspecified atom stereocenters. The zero-order valence-electron chi connectivity index (χ0n) is 16.2. The van der Waals surface area contributed by atoms with Gasteiger partial charge >= 0.3 is 0 Å². The molecule has 0 radical (unpaired) electrons. The number of hydrogen-bond acceptors (Lipinski definition) is 3. The zero-order chi connectivity index (χ0) is 21.5. The number of rotatable bonds is 7. The Morgan fingerprint density at radius 2 is 1.80 bits per heavy atom. The lowest BCUT2D eigenvalue weighted by molar-refractivity contribution is 0.266. The number of halogens is 3. The van der Waals surface area contributed by atoms with Crippen molar-refractivity contribution in [3.8, 4) is 17.6 Å². The molecular weight excluding hydrogens is 424 g/mol. The topological polar surface area (TPSA) is 42.2 Å². The van der Waals surface area contributed by atoms with E-state index in [1.165, 1.54) is 6.07 Å². The van der Waals surface area contributed by atoms with Crippen LogP contribution in [0.5, 0.6) is 11.5 Å². The first kappa shape index (κ1) is 21.7. The molecule has 3 aromatic rings. The number of hydrogen-bond donors (Lipinski definition) is 0. The van der Waals surface area contributed by atoms with Gasteiger partial charge in [0.05, 0.1) is 23.3 Å². The molecule has 3 rings (SSSR count). The Labute approximate surface area is 184 Å². The second kappa shape index (κ2) is 10.2. The predicted molar refractivity (Wildman–Crippen MR) is 118 cm³/mol. The lowest BCUT2D eigenvalue weighted by Crippen LogP contribution is -2.02. The number of allylic oxidation sites excluding steroid dienone is 1. The molecule has 3 aromatic carbocycles. The molecule has 0 aromatic heterocycles. The summed E-state index contributed by atoms with van der Waals surface area (Å²) in [4.78, 5) is 0. The van der Waals surface area contributed by atoms with E-state index >= 15 is 0 Å². The van der Waals surface area contributed by atoms with Gasteiger partial charge < -0.3 is 9.47 Å². The highest BCUT2D eigenvalue weighted by molar-refractivity contribution is 6.32. The standard InChI is InChI=1S/C24H18Cl2FNO2/c1-2-29-23-13-16(11-19(14-28)17-7-9-20(25)10-8-17)12-21(26)24(23)30-15-18-5-3-4-6-22(18)27/h3-13H,2,15H2,1H3/b19-11+. The van der Waals surface area contributed by atoms with E-state index in [9.17, 15) is 9.65 Å². The van der Waals surface area contributed by atoms with Gasteiger partial charge in [0.2, 0.25) is 0 Å². The van der Waals surface area contributed by atoms with Crippen LogP contribution in [0.25, 0.3) is 11.6 Å². The highest BCUT2D eigenvalue weighted by atomic mass is 35.5. The summed E-state index contributed by atoms with van der Waals surface area (Å²) in [6.07, 6.45) is 1.71. The van der Waals surface area contributed by atoms with Gasteiger partial charge in [-0.05, 0) is 54.5 Å². The number of ether oxygens (including phenoxy) is 2. The van der Waals surface area contributed by atoms with Gasteiger partial charge in [0, 0.05) is 10.6 Å². The Morgan fingerprint density at radius 1 is 1.07 bits per heavy atom. The molecule has 0 aliphatic rings. The van der Waals surface area contributed by atoms with E-state index in [-0.39, 0.29) is 12.4 Å². The van der Waals surface area contributed by atoms with Crippen LogP contribution in [0.2, 0.25) is 10.0 Å². The summed E-state index contributed by atoms with van der Waals surface area (Å²) in [5.74, 6) is 0.387. The average molecular weight is 442 g/mol. The van der Waals surface area contributed by atoms with Gasteiger partial charge in [0.15, 0.2) is 11.5 Å². The van der Waals surface area contributed by atoms with E-state index in [2.05, 4.69) is 6.07 Å². The van der Waals surface area contributed by atoms with Crippen LogP contribution < -0.4 is 9.47 Å². The lowest BCUT2D eigenvalue weighted by Gasteiger charge is -2.15. The van der Waals surface area contributed by atoms with Gasteiger partial charge in [-0.2, -0.15) is 5.26 Å². The van der Waals surface area contributed by atoms with Crippen LogP contribution in [0, 0.1) is 17.1 Å². The fourth-order valence-corrected chi connectivity index (χ4v) is 3.22. The van der Waals surface area contributed by atoms with Crippen molar-refractivity contribution in [3.63, 3.8) is 0 Å². The number of benzene rings is 3. The molecule has 0 N–H and O–H groups in total. The first-order chi connectivity index (χ1) is 14.5. The predicted octanol–water partition coefficient (Wildman–Crippen LogP) is 7.17. The van der Waals surface area contributed by atoms with Crippen molar-refractivity contribution in [2.75, 3.05) is 6.61 Å². The molecule has 0 fully saturated rings. The van der Waals surface area contributed by atoms with Crippen molar-refractivity contribution in [1.29, 1.82) is 5.26 Å². The minimum absolute atomic E-state index is 0.00980. The maximum absolute atomic E-state index is 13.9. The summed E-state index contributed by atoms with van der Waals surface area (Å²) < 4.78 is 25.3. The van der Waals surface area contributed by atoms with Crippen molar-refractivity contribution in [2.24, 2.45) is 0 Å². The van der Waals surface area contributed by atoms with E-state index in [1.54, 1.807) is 60.7 Å². The largest absolute Gasteiger partial charge is 0.490 e. The van der Waals surface area contributed by atoms with Gasteiger partial charge in [0.25, 0.3) is 0 Å². The minimum Gasteiger partial charge on any atom is -0.490 e. The van der Waals surface area contributed by atoms with Crippen molar-refractivity contribution >= 4 is 34.9 Å². The quantitative estimate of drug-likeness (QED) is 0.288. The Kier molecular flexibility index (Phi) is 7.35. The molecule has 0 spiro atoms. The van der Waals surface area contributed by atoms with Crippen LogP contribution in [-0.2, 0) is 6.61 Å². The monoisotopic (exact) mass is 441 g/mol. The number of nitrogens with zero attached hydrogens (tertiary/aromatic N) is 1. The molecule has 0 saturated carbocycles. The highest BCUT2D eigenvalue weighted by Crippen LogP contribution is 2.38. The first-order valence-corrected chi connectivity index (χ1v) is 9.97. The van der Waals surface area contributed by atoms with Crippen LogP contribution in [0.4, 0.5) is 4.39 Å². The molecule has 0 amide bonds. The SMILES string of the molecule is CCOc1cc(/C=C(\C#N)c2ccc(Cl)cc2)cc(Cl)c1OCc1ccccc1F. The molecule has 0 aliphatic heterocycles. The summed E-state index contributed by atoms with van der Waals surface area (Å²) >= 11 is 12.4. The Bertz CT molecular complexity index is 1110. The van der Waals surface area contributed by atoms with Gasteiger partial charge in [-0.25, -0.2) is 4.39 Å². The molecule has 0 heterocycles. The lowest BCUT2D eigenvalue weighted by atomic mass is 10.0. The first-order valence-electron chi connectivity index (χ1n) is 9.22. The highest BCUT2D eigenvalue weighted by Gasteiger charge is 2.14. The molecule has 0 bridgehead atoms. The van der Waals surface area contributed by atoms with Crippen LogP contribution in [0.3, 0.4) is 0 Å². The number of nitriles is 1. The molecule has 6 heteroatoms. The summed E-state index contributed by atoms with van der Waals surface area (Å²) in [6.45, 7) is 2.24. The third kappa shape index (κ3) is 5.33. The summed E-state index contributed by atoms with van der Waals surface area (Å²) in [5, 5.41) is 10.5. The van der Waals surface area contributed by atoms with Crippen molar-refractivity contribution in [1.82, 2.24) is 0 Å². The minimum atomic E-state index is -0.354. The van der Waals surface area contributed by atoms with Crippen molar-refractivity contribution in [3.05, 3.63) is 93.2 Å². The van der Waals surface area contributed by atoms with Crippen molar-refractivity contribution in [2.45, 2.75) is 13.5 Å². The van der Waals surface area contributed by atoms with E-state index in [0.717, 1.165) is 5.56 Å². The maximum Gasteiger partial charge on any atom is 0.180 e. The van der Waals surface area contributed by atoms with E-state index in [4.69, 9.17) is 32.7 Å². The summed E-state index contributed by atoms with van der Waals surface area (Å²) in [6, 6.07) is 19.0. The summed E-state index contributed by atoms with van der Waals surface area (Å²) in [5.41, 5.74) is 2.27. The summed E-state index contributed by atoms with van der Waals surface area (Å²) in [7, 11) is 0. The molecule has 0 saturated heterocycles. The molecular formula is C24H18Cl2FNO2. The smallest absolute Gasteiger partial charge is 0.180 e. The normalized spacial score (nSPS) is 11.1. The fraction of sp³-hybridized carbons (Fsp3) is 0.125. The molecule has 0 aliphatic carbocycles. The molecule has 0 atom stereocenters. The van der Waals surface area contributed by atoms with Crippen LogP contribution in [0.15, 0.2) is 60.7 Å². The van der Waals surface area contributed by atoms with E-state index in [0.29, 0.717) is 44.9 Å². The van der Waals surface area contributed by atoms with Crippen LogP contribution >= 0.6 is 23.2 Å². The molecule has 3 nitrogen and oxygen atoms in total. The fourth-order valence-electron chi connectivity index (χ4n) is 2.82. The third-order valence-corrected chi connectivity index (χ3v) is 4.78. The van der Waals surface area contributed by atoms with E-state index < -0.39 is 0 Å². The van der Waals surface area contributed by atoms with E-state index in [1.807, 2.05) is 6.92 Å². The Balaban J connectivity index is 1.93. The zero-order valence-corrected chi connectivity index (χ0v) is 17.7. The Hall–Kier alpha value is -3.00. The second-order valence-electron chi connectivity index (χ2n) is 6.32. The third-order valence-electron chi connectivity index (χ3n) is 4.25. The molecule has 152 valence electrons. The van der Waals surface area contributed by atoms with Crippen LogP contribution in [-0.4, -0.2) is 6.61 Å². The van der Waals surface area contributed by atoms with Gasteiger partial charge in [-0.1, -0.05) is 53.5 Å². The Morgan fingerprint density at radius 3 is 2.47 bits per heavy atom. The van der Waals surface area contributed by atoms with Crippen LogP contribution in [0.1, 0.15) is 23.6 Å². The van der Waals surface area contributed by atoms with Gasteiger partial charge in [-0.3, -0.25) is 0 Å². The average Bonchev–Trinajstić information content (AvgIpc) is 2.73. The second-order valence-corrected chi connectivity index (χ2v) is 7.16.